The normalized spacial score (nSPS) is 15.6. The fourth-order valence-electron chi connectivity index (χ4n) is 4.27. The number of phenolic OH excluding ortho intramolecular Hbond substituents is 1. The van der Waals surface area contributed by atoms with Crippen LogP contribution in [0.15, 0.2) is 47.0 Å². The first-order valence-corrected chi connectivity index (χ1v) is 10.4. The minimum Gasteiger partial charge on any atom is -0.508 e. The van der Waals surface area contributed by atoms with Gasteiger partial charge in [0.1, 0.15) is 17.3 Å². The van der Waals surface area contributed by atoms with Crippen molar-refractivity contribution >= 4 is 0 Å². The van der Waals surface area contributed by atoms with Crippen LogP contribution in [0.4, 0.5) is 0 Å². The third-order valence-corrected chi connectivity index (χ3v) is 5.95. The Morgan fingerprint density at radius 2 is 2.00 bits per heavy atom. The highest BCUT2D eigenvalue weighted by atomic mass is 16.5. The molecule has 1 unspecified atom stereocenters. The molecule has 0 amide bonds. The van der Waals surface area contributed by atoms with E-state index < -0.39 is 0 Å². The van der Waals surface area contributed by atoms with Crippen molar-refractivity contribution in [3.63, 3.8) is 0 Å². The summed E-state index contributed by atoms with van der Waals surface area (Å²) in [5.74, 6) is 4.15. The Morgan fingerprint density at radius 1 is 1.13 bits per heavy atom. The SMILES string of the molecule is COc1cc(-c2nnc3n2CCCC3c2ccc(C)c(O)c2)ccc1-c1cnc(C)o1. The number of phenols is 1. The standard InChI is InChI=1S/C24H24N4O3/c1-14-6-7-16(11-20(14)29)18-5-4-10-28-23(26-27-24(18)28)17-8-9-19(21(12-17)30-3)22-13-25-15(2)31-22/h6-9,11-13,18,29H,4-5,10H2,1-3H3. The predicted octanol–water partition coefficient (Wildman–Crippen LogP) is 4.86. The molecular weight excluding hydrogens is 392 g/mol. The summed E-state index contributed by atoms with van der Waals surface area (Å²) in [6.07, 6.45) is 3.70. The van der Waals surface area contributed by atoms with Crippen LogP contribution in [0.25, 0.3) is 22.7 Å². The van der Waals surface area contributed by atoms with Crippen LogP contribution in [0.5, 0.6) is 11.5 Å². The summed E-state index contributed by atoms with van der Waals surface area (Å²) in [6.45, 7) is 4.58. The van der Waals surface area contributed by atoms with E-state index in [-0.39, 0.29) is 5.92 Å². The van der Waals surface area contributed by atoms with Gasteiger partial charge in [0.15, 0.2) is 17.5 Å². The second kappa shape index (κ2) is 7.58. The molecule has 7 heteroatoms. The minimum atomic E-state index is 0.111. The molecule has 0 radical (unpaired) electrons. The molecule has 0 bridgehead atoms. The molecule has 158 valence electrons. The van der Waals surface area contributed by atoms with Gasteiger partial charge in [0.05, 0.1) is 18.9 Å². The maximum atomic E-state index is 10.2. The lowest BCUT2D eigenvalue weighted by Gasteiger charge is -2.24. The largest absolute Gasteiger partial charge is 0.508 e. The number of aromatic nitrogens is 4. The van der Waals surface area contributed by atoms with E-state index in [1.165, 1.54) is 0 Å². The number of methoxy groups -OCH3 is 1. The Labute approximate surface area is 180 Å². The average molecular weight is 416 g/mol. The van der Waals surface area contributed by atoms with Crippen molar-refractivity contribution in [3.05, 3.63) is 65.4 Å². The molecule has 1 N–H and O–H groups in total. The van der Waals surface area contributed by atoms with Gasteiger partial charge < -0.3 is 18.8 Å². The van der Waals surface area contributed by atoms with Crippen LogP contribution < -0.4 is 4.74 Å². The number of hydrogen-bond acceptors (Lipinski definition) is 6. The Hall–Kier alpha value is -3.61. The monoisotopic (exact) mass is 416 g/mol. The lowest BCUT2D eigenvalue weighted by atomic mass is 9.90. The van der Waals surface area contributed by atoms with E-state index in [0.717, 1.165) is 53.3 Å². The summed E-state index contributed by atoms with van der Waals surface area (Å²) in [7, 11) is 1.64. The van der Waals surface area contributed by atoms with Crippen molar-refractivity contribution in [3.8, 4) is 34.2 Å². The lowest BCUT2D eigenvalue weighted by Crippen LogP contribution is -2.17. The molecule has 31 heavy (non-hydrogen) atoms. The molecule has 2 aromatic heterocycles. The van der Waals surface area contributed by atoms with Gasteiger partial charge in [-0.05, 0) is 49.1 Å². The number of aryl methyl sites for hydroxylation is 2. The van der Waals surface area contributed by atoms with Gasteiger partial charge in [0, 0.05) is 24.9 Å². The summed E-state index contributed by atoms with van der Waals surface area (Å²) in [5, 5.41) is 19.2. The number of oxazole rings is 1. The van der Waals surface area contributed by atoms with Gasteiger partial charge in [-0.2, -0.15) is 0 Å². The fraction of sp³-hybridized carbons (Fsp3) is 0.292. The first kappa shape index (κ1) is 19.4. The van der Waals surface area contributed by atoms with Crippen LogP contribution in [0.2, 0.25) is 0 Å². The van der Waals surface area contributed by atoms with Crippen LogP contribution in [0.3, 0.4) is 0 Å². The summed E-state index contributed by atoms with van der Waals surface area (Å²) < 4.78 is 13.5. The van der Waals surface area contributed by atoms with E-state index in [1.807, 2.05) is 44.2 Å². The number of rotatable bonds is 4. The topological polar surface area (TPSA) is 86.2 Å². The molecule has 1 aliphatic heterocycles. The third kappa shape index (κ3) is 3.36. The summed E-state index contributed by atoms with van der Waals surface area (Å²) in [4.78, 5) is 4.18. The van der Waals surface area contributed by atoms with Crippen LogP contribution in [-0.4, -0.2) is 32.0 Å². The number of ether oxygens (including phenoxy) is 1. The highest BCUT2D eigenvalue weighted by Crippen LogP contribution is 2.38. The molecule has 0 fully saturated rings. The number of benzene rings is 2. The summed E-state index contributed by atoms with van der Waals surface area (Å²) in [6, 6.07) is 11.8. The molecule has 0 saturated carbocycles. The van der Waals surface area contributed by atoms with E-state index in [2.05, 4.69) is 25.8 Å². The number of nitrogens with zero attached hydrogens (tertiary/aromatic N) is 4. The lowest BCUT2D eigenvalue weighted by molar-refractivity contribution is 0.414. The van der Waals surface area contributed by atoms with Crippen molar-refractivity contribution in [2.24, 2.45) is 0 Å². The molecule has 0 saturated heterocycles. The van der Waals surface area contributed by atoms with Gasteiger partial charge in [0.2, 0.25) is 0 Å². The maximum Gasteiger partial charge on any atom is 0.191 e. The quantitative estimate of drug-likeness (QED) is 0.511. The zero-order valence-corrected chi connectivity index (χ0v) is 17.8. The Morgan fingerprint density at radius 3 is 2.74 bits per heavy atom. The molecular formula is C24H24N4O3. The Balaban J connectivity index is 1.54. The minimum absolute atomic E-state index is 0.111. The van der Waals surface area contributed by atoms with Gasteiger partial charge >= 0.3 is 0 Å². The second-order valence-corrected chi connectivity index (χ2v) is 7.93. The Bertz CT molecular complexity index is 1260. The van der Waals surface area contributed by atoms with Crippen LogP contribution in [0.1, 0.15) is 41.6 Å². The number of fused-ring (bicyclic) bond motifs is 1. The average Bonchev–Trinajstić information content (AvgIpc) is 3.41. The number of aromatic hydroxyl groups is 1. The zero-order valence-electron chi connectivity index (χ0n) is 17.8. The first-order valence-electron chi connectivity index (χ1n) is 10.4. The van der Waals surface area contributed by atoms with E-state index in [9.17, 15) is 5.11 Å². The van der Waals surface area contributed by atoms with Crippen molar-refractivity contribution in [2.75, 3.05) is 7.11 Å². The predicted molar refractivity (Wildman–Crippen MR) is 116 cm³/mol. The van der Waals surface area contributed by atoms with Gasteiger partial charge in [-0.3, -0.25) is 0 Å². The van der Waals surface area contributed by atoms with Crippen molar-refractivity contribution in [2.45, 2.75) is 39.2 Å². The highest BCUT2D eigenvalue weighted by molar-refractivity contribution is 5.71. The maximum absolute atomic E-state index is 10.2. The van der Waals surface area contributed by atoms with E-state index in [0.29, 0.717) is 23.1 Å². The summed E-state index contributed by atoms with van der Waals surface area (Å²) >= 11 is 0. The van der Waals surface area contributed by atoms with Gasteiger partial charge in [0.25, 0.3) is 0 Å². The van der Waals surface area contributed by atoms with Crippen molar-refractivity contribution in [1.82, 2.24) is 19.7 Å². The van der Waals surface area contributed by atoms with Crippen LogP contribution >= 0.6 is 0 Å². The molecule has 3 heterocycles. The molecule has 4 aromatic rings. The van der Waals surface area contributed by atoms with Crippen LogP contribution in [-0.2, 0) is 6.54 Å². The summed E-state index contributed by atoms with van der Waals surface area (Å²) in [5.41, 5.74) is 3.72. The molecule has 1 aliphatic rings. The van der Waals surface area contributed by atoms with Gasteiger partial charge in [-0.25, -0.2) is 4.98 Å². The molecule has 0 spiro atoms. The molecule has 2 aromatic carbocycles. The molecule has 1 atom stereocenters. The molecule has 0 aliphatic carbocycles. The fourth-order valence-corrected chi connectivity index (χ4v) is 4.27. The third-order valence-electron chi connectivity index (χ3n) is 5.95. The highest BCUT2D eigenvalue weighted by Gasteiger charge is 2.28. The van der Waals surface area contributed by atoms with Gasteiger partial charge in [-0.1, -0.05) is 18.2 Å². The molecule has 5 rings (SSSR count). The first-order chi connectivity index (χ1) is 15.0. The Kier molecular flexibility index (Phi) is 4.73. The van der Waals surface area contributed by atoms with Crippen molar-refractivity contribution < 1.29 is 14.3 Å². The molecule has 7 nitrogen and oxygen atoms in total. The van der Waals surface area contributed by atoms with Crippen LogP contribution in [0, 0.1) is 13.8 Å². The van der Waals surface area contributed by atoms with E-state index in [4.69, 9.17) is 9.15 Å². The van der Waals surface area contributed by atoms with E-state index in [1.54, 1.807) is 13.3 Å². The zero-order chi connectivity index (χ0) is 21.5. The van der Waals surface area contributed by atoms with E-state index >= 15 is 0 Å². The number of hydrogen-bond donors (Lipinski definition) is 1. The smallest absolute Gasteiger partial charge is 0.191 e. The second-order valence-electron chi connectivity index (χ2n) is 7.93. The van der Waals surface area contributed by atoms with Crippen molar-refractivity contribution in [1.29, 1.82) is 0 Å². The van der Waals surface area contributed by atoms with Gasteiger partial charge in [-0.15, -0.1) is 10.2 Å².